The maximum absolute atomic E-state index is 4.05. The number of nitrogens with zero attached hydrogens (tertiary/aromatic N) is 3. The fourth-order valence-electron chi connectivity index (χ4n) is 0.994. The predicted molar refractivity (Wildman–Crippen MR) is 53.7 cm³/mol. The van der Waals surface area contributed by atoms with Crippen LogP contribution in [-0.4, -0.2) is 14.6 Å². The molecule has 13 heavy (non-hydrogen) atoms. The first kappa shape index (κ1) is 9.71. The average molecular weight is 177 g/mol. The van der Waals surface area contributed by atoms with Crippen molar-refractivity contribution in [1.29, 1.82) is 0 Å². The molecule has 0 unspecified atom stereocenters. The Balaban J connectivity index is 0.000000251. The summed E-state index contributed by atoms with van der Waals surface area (Å²) in [5.74, 6) is 0. The van der Waals surface area contributed by atoms with Gasteiger partial charge in [0.25, 0.3) is 0 Å². The summed E-state index contributed by atoms with van der Waals surface area (Å²) in [6.07, 6.45) is 4.71. The van der Waals surface area contributed by atoms with E-state index in [9.17, 15) is 0 Å². The first-order valence-corrected chi connectivity index (χ1v) is 4.54. The van der Waals surface area contributed by atoms with Crippen molar-refractivity contribution in [3.63, 3.8) is 0 Å². The van der Waals surface area contributed by atoms with Gasteiger partial charge in [0.1, 0.15) is 6.33 Å². The molecule has 0 fully saturated rings. The summed E-state index contributed by atoms with van der Waals surface area (Å²) < 4.78 is 1.81. The second kappa shape index (κ2) is 4.60. The van der Waals surface area contributed by atoms with Crippen molar-refractivity contribution < 1.29 is 0 Å². The van der Waals surface area contributed by atoms with Crippen LogP contribution in [0.4, 0.5) is 0 Å². The van der Waals surface area contributed by atoms with Gasteiger partial charge in [-0.1, -0.05) is 20.3 Å². The Bertz CT molecular complexity index is 365. The molecule has 0 aliphatic rings. The monoisotopic (exact) mass is 177 g/mol. The SMILES string of the molecule is CCC.Cc1ncnn2cccc12. The minimum absolute atomic E-state index is 1.01. The summed E-state index contributed by atoms with van der Waals surface area (Å²) in [4.78, 5) is 4.05. The van der Waals surface area contributed by atoms with Crippen LogP contribution in [0.15, 0.2) is 24.7 Å². The Hall–Kier alpha value is -1.38. The molecule has 0 aliphatic carbocycles. The number of hydrogen-bond donors (Lipinski definition) is 0. The number of aromatic nitrogens is 3. The zero-order valence-corrected chi connectivity index (χ0v) is 8.36. The second-order valence-corrected chi connectivity index (χ2v) is 2.89. The average Bonchev–Trinajstić information content (AvgIpc) is 2.54. The normalized spacial score (nSPS) is 9.46. The number of hydrogen-bond acceptors (Lipinski definition) is 2. The summed E-state index contributed by atoms with van der Waals surface area (Å²) in [6, 6.07) is 3.95. The summed E-state index contributed by atoms with van der Waals surface area (Å²) in [5.41, 5.74) is 2.09. The van der Waals surface area contributed by atoms with Gasteiger partial charge in [0.2, 0.25) is 0 Å². The van der Waals surface area contributed by atoms with E-state index in [1.165, 1.54) is 6.42 Å². The molecule has 0 amide bonds. The maximum Gasteiger partial charge on any atom is 0.136 e. The smallest absolute Gasteiger partial charge is 0.136 e. The predicted octanol–water partition coefficient (Wildman–Crippen LogP) is 2.45. The lowest BCUT2D eigenvalue weighted by molar-refractivity contribution is 0.887. The van der Waals surface area contributed by atoms with E-state index in [2.05, 4.69) is 23.9 Å². The van der Waals surface area contributed by atoms with E-state index in [1.54, 1.807) is 6.33 Å². The molecule has 0 saturated carbocycles. The zero-order valence-electron chi connectivity index (χ0n) is 8.36. The van der Waals surface area contributed by atoms with E-state index in [-0.39, 0.29) is 0 Å². The minimum Gasteiger partial charge on any atom is -0.238 e. The van der Waals surface area contributed by atoms with Crippen molar-refractivity contribution in [3.05, 3.63) is 30.4 Å². The van der Waals surface area contributed by atoms with Crippen molar-refractivity contribution in [3.8, 4) is 0 Å². The standard InChI is InChI=1S/C7H7N3.C3H8/c1-6-7-3-2-4-10(7)9-5-8-6;1-3-2/h2-5H,1H3;3H2,1-2H3. The molecule has 2 aromatic rings. The van der Waals surface area contributed by atoms with Crippen molar-refractivity contribution >= 4 is 5.52 Å². The van der Waals surface area contributed by atoms with Crippen LogP contribution in [0.3, 0.4) is 0 Å². The van der Waals surface area contributed by atoms with Crippen molar-refractivity contribution in [2.45, 2.75) is 27.2 Å². The lowest BCUT2D eigenvalue weighted by Crippen LogP contribution is -1.92. The number of aryl methyl sites for hydroxylation is 1. The lowest BCUT2D eigenvalue weighted by atomic mass is 10.4. The van der Waals surface area contributed by atoms with Gasteiger partial charge in [-0.2, -0.15) is 5.10 Å². The van der Waals surface area contributed by atoms with Gasteiger partial charge in [0.05, 0.1) is 11.2 Å². The Morgan fingerprint density at radius 2 is 2.08 bits per heavy atom. The number of fused-ring (bicyclic) bond motifs is 1. The quantitative estimate of drug-likeness (QED) is 0.618. The lowest BCUT2D eigenvalue weighted by Gasteiger charge is -1.93. The fraction of sp³-hybridized carbons (Fsp3) is 0.400. The molecule has 2 heterocycles. The topological polar surface area (TPSA) is 30.2 Å². The molecule has 0 N–H and O–H groups in total. The molecule has 0 saturated heterocycles. The van der Waals surface area contributed by atoms with Crippen LogP contribution in [-0.2, 0) is 0 Å². The van der Waals surface area contributed by atoms with Gasteiger partial charge in [-0.3, -0.25) is 0 Å². The third kappa shape index (κ3) is 2.28. The molecule has 0 aromatic carbocycles. The molecule has 0 bridgehead atoms. The van der Waals surface area contributed by atoms with Gasteiger partial charge in [-0.05, 0) is 19.1 Å². The van der Waals surface area contributed by atoms with Crippen LogP contribution < -0.4 is 0 Å². The first-order valence-electron chi connectivity index (χ1n) is 4.54. The highest BCUT2D eigenvalue weighted by molar-refractivity contribution is 5.49. The third-order valence-corrected chi connectivity index (χ3v) is 1.53. The van der Waals surface area contributed by atoms with E-state index >= 15 is 0 Å². The van der Waals surface area contributed by atoms with Crippen molar-refractivity contribution in [2.75, 3.05) is 0 Å². The van der Waals surface area contributed by atoms with Gasteiger partial charge in [-0.15, -0.1) is 0 Å². The highest BCUT2D eigenvalue weighted by atomic mass is 15.2. The van der Waals surface area contributed by atoms with E-state index in [0.717, 1.165) is 11.2 Å². The highest BCUT2D eigenvalue weighted by Gasteiger charge is 1.94. The van der Waals surface area contributed by atoms with Gasteiger partial charge in [-0.25, -0.2) is 9.50 Å². The molecular weight excluding hydrogens is 162 g/mol. The van der Waals surface area contributed by atoms with E-state index in [4.69, 9.17) is 0 Å². The van der Waals surface area contributed by atoms with Crippen molar-refractivity contribution in [1.82, 2.24) is 14.6 Å². The van der Waals surface area contributed by atoms with E-state index in [1.807, 2.05) is 29.8 Å². The molecule has 3 heteroatoms. The van der Waals surface area contributed by atoms with Crippen LogP contribution in [0.25, 0.3) is 5.52 Å². The largest absolute Gasteiger partial charge is 0.238 e. The Morgan fingerprint density at radius 1 is 1.38 bits per heavy atom. The van der Waals surface area contributed by atoms with Gasteiger partial charge in [0, 0.05) is 6.20 Å². The maximum atomic E-state index is 4.05. The van der Waals surface area contributed by atoms with Crippen LogP contribution in [0.5, 0.6) is 0 Å². The first-order chi connectivity index (χ1) is 6.29. The molecule has 0 atom stereocenters. The zero-order chi connectivity index (χ0) is 9.68. The van der Waals surface area contributed by atoms with Crippen LogP contribution in [0.2, 0.25) is 0 Å². The van der Waals surface area contributed by atoms with Gasteiger partial charge >= 0.3 is 0 Å². The summed E-state index contributed by atoms with van der Waals surface area (Å²) >= 11 is 0. The summed E-state index contributed by atoms with van der Waals surface area (Å²) in [7, 11) is 0. The fourth-order valence-corrected chi connectivity index (χ4v) is 0.994. The Labute approximate surface area is 78.4 Å². The van der Waals surface area contributed by atoms with Crippen LogP contribution in [0, 0.1) is 6.92 Å². The summed E-state index contributed by atoms with van der Waals surface area (Å²) in [6.45, 7) is 6.22. The van der Waals surface area contributed by atoms with Gasteiger partial charge in [0.15, 0.2) is 0 Å². The molecule has 2 aromatic heterocycles. The van der Waals surface area contributed by atoms with Crippen LogP contribution in [0.1, 0.15) is 26.0 Å². The molecule has 2 rings (SSSR count). The van der Waals surface area contributed by atoms with Gasteiger partial charge < -0.3 is 0 Å². The summed E-state index contributed by atoms with van der Waals surface area (Å²) in [5, 5.41) is 4.01. The highest BCUT2D eigenvalue weighted by Crippen LogP contribution is 2.03. The molecule has 70 valence electrons. The van der Waals surface area contributed by atoms with Crippen molar-refractivity contribution in [2.24, 2.45) is 0 Å². The third-order valence-electron chi connectivity index (χ3n) is 1.53. The Kier molecular flexibility index (Phi) is 3.43. The molecule has 0 aliphatic heterocycles. The number of rotatable bonds is 0. The molecular formula is C10H15N3. The van der Waals surface area contributed by atoms with Crippen LogP contribution >= 0.6 is 0 Å². The minimum atomic E-state index is 1.01. The second-order valence-electron chi connectivity index (χ2n) is 2.89. The molecule has 0 radical (unpaired) electrons. The molecule has 0 spiro atoms. The van der Waals surface area contributed by atoms with E-state index < -0.39 is 0 Å². The van der Waals surface area contributed by atoms with E-state index in [0.29, 0.717) is 0 Å². The Morgan fingerprint density at radius 3 is 2.69 bits per heavy atom. The molecule has 3 nitrogen and oxygen atoms in total.